The maximum atomic E-state index is 13.2. The van der Waals surface area contributed by atoms with Crippen molar-refractivity contribution < 1.29 is 14.3 Å². The molecule has 3 amide bonds. The Bertz CT molecular complexity index is 1200. The molecule has 0 saturated carbocycles. The number of ether oxygens (including phenoxy) is 1. The predicted molar refractivity (Wildman–Crippen MR) is 118 cm³/mol. The molecule has 2 aliphatic heterocycles. The van der Waals surface area contributed by atoms with Gasteiger partial charge in [0.15, 0.2) is 12.1 Å². The smallest absolute Gasteiger partial charge is 0.329 e. The number of nitrogens with zero attached hydrogens (tertiary/aromatic N) is 2. The van der Waals surface area contributed by atoms with Gasteiger partial charge < -0.3 is 10.1 Å². The zero-order valence-electron chi connectivity index (χ0n) is 17.4. The molecule has 0 radical (unpaired) electrons. The van der Waals surface area contributed by atoms with Gasteiger partial charge in [0.05, 0.1) is 0 Å². The van der Waals surface area contributed by atoms with Gasteiger partial charge in [0.25, 0.3) is 0 Å². The van der Waals surface area contributed by atoms with Crippen LogP contribution >= 0.6 is 0 Å². The molecule has 0 spiro atoms. The first-order chi connectivity index (χ1) is 15.1. The molecule has 0 aliphatic carbocycles. The van der Waals surface area contributed by atoms with Gasteiger partial charge in [0, 0.05) is 26.2 Å². The fourth-order valence-corrected chi connectivity index (χ4v) is 4.40. The Hall–Kier alpha value is -3.80. The van der Waals surface area contributed by atoms with E-state index in [1.807, 2.05) is 72.8 Å². The van der Waals surface area contributed by atoms with Gasteiger partial charge in [-0.3, -0.25) is 14.6 Å². The lowest BCUT2D eigenvalue weighted by atomic mass is 9.87. The number of urea groups is 1. The van der Waals surface area contributed by atoms with E-state index in [-0.39, 0.29) is 11.9 Å². The van der Waals surface area contributed by atoms with Crippen LogP contribution < -0.4 is 5.32 Å². The predicted octanol–water partition coefficient (Wildman–Crippen LogP) is 3.79. The van der Waals surface area contributed by atoms with Gasteiger partial charge in [-0.2, -0.15) is 0 Å². The molecule has 1 N–H and O–H groups in total. The second-order valence-corrected chi connectivity index (χ2v) is 7.89. The normalized spacial score (nSPS) is 20.8. The molecule has 3 aromatic rings. The third-order valence-electron chi connectivity index (χ3n) is 6.02. The summed E-state index contributed by atoms with van der Waals surface area (Å²) in [6.07, 6.45) is -0.677. The fraction of sp³-hybridized carbons (Fsp3) is 0.200. The fourth-order valence-electron chi connectivity index (χ4n) is 4.40. The first-order valence-electron chi connectivity index (χ1n) is 10.3. The molecule has 0 aromatic heterocycles. The molecule has 156 valence electrons. The second kappa shape index (κ2) is 7.47. The first-order valence-corrected chi connectivity index (χ1v) is 10.3. The first kappa shape index (κ1) is 19.2. The highest BCUT2D eigenvalue weighted by molar-refractivity contribution is 6.07. The van der Waals surface area contributed by atoms with Crippen molar-refractivity contribution in [2.45, 2.75) is 12.8 Å². The molecular formula is C25H23N3O3. The molecule has 2 heterocycles. The van der Waals surface area contributed by atoms with Gasteiger partial charge in [-0.15, -0.1) is 0 Å². The molecule has 1 saturated heterocycles. The molecule has 31 heavy (non-hydrogen) atoms. The van der Waals surface area contributed by atoms with Crippen molar-refractivity contribution in [3.05, 3.63) is 89.8 Å². The highest BCUT2D eigenvalue weighted by atomic mass is 16.5. The summed E-state index contributed by atoms with van der Waals surface area (Å²) < 4.78 is 6.23. The van der Waals surface area contributed by atoms with E-state index < -0.39 is 12.1 Å². The monoisotopic (exact) mass is 413 g/mol. The van der Waals surface area contributed by atoms with Crippen LogP contribution in [0.25, 0.3) is 16.3 Å². The van der Waals surface area contributed by atoms with Gasteiger partial charge >= 0.3 is 6.03 Å². The van der Waals surface area contributed by atoms with Crippen molar-refractivity contribution in [3.8, 4) is 0 Å². The molecule has 6 nitrogen and oxygen atoms in total. The Balaban J connectivity index is 1.64. The lowest BCUT2D eigenvalue weighted by Crippen LogP contribution is -2.58. The van der Waals surface area contributed by atoms with Crippen LogP contribution in [-0.2, 0) is 16.1 Å². The SMILES string of the molecule is CN1C(=O)C2C(c3cccc4ccccc34)=C(NCc3ccccc3)OC2N(C)C1=O. The van der Waals surface area contributed by atoms with Crippen LogP contribution in [0.5, 0.6) is 0 Å². The van der Waals surface area contributed by atoms with Gasteiger partial charge in [0.2, 0.25) is 5.91 Å². The van der Waals surface area contributed by atoms with Crippen LogP contribution in [0.3, 0.4) is 0 Å². The molecule has 3 aromatic carbocycles. The van der Waals surface area contributed by atoms with E-state index in [2.05, 4.69) is 5.32 Å². The van der Waals surface area contributed by atoms with E-state index in [9.17, 15) is 9.59 Å². The number of rotatable bonds is 4. The molecular weight excluding hydrogens is 390 g/mol. The third-order valence-corrected chi connectivity index (χ3v) is 6.02. The highest BCUT2D eigenvalue weighted by Crippen LogP contribution is 2.43. The van der Waals surface area contributed by atoms with Gasteiger partial charge in [-0.05, 0) is 21.9 Å². The third kappa shape index (κ3) is 3.11. The van der Waals surface area contributed by atoms with E-state index in [1.54, 1.807) is 7.05 Å². The highest BCUT2D eigenvalue weighted by Gasteiger charge is 2.52. The zero-order chi connectivity index (χ0) is 21.5. The van der Waals surface area contributed by atoms with E-state index in [0.717, 1.165) is 27.5 Å². The molecule has 6 heteroatoms. The van der Waals surface area contributed by atoms with Crippen molar-refractivity contribution in [1.29, 1.82) is 0 Å². The number of carbonyl (C=O) groups excluding carboxylic acids is 2. The minimum Gasteiger partial charge on any atom is -0.454 e. The minimum atomic E-state index is -0.677. The molecule has 0 bridgehead atoms. The van der Waals surface area contributed by atoms with Crippen molar-refractivity contribution in [2.24, 2.45) is 5.92 Å². The lowest BCUT2D eigenvalue weighted by molar-refractivity contribution is -0.140. The number of hydrogen-bond acceptors (Lipinski definition) is 4. The lowest BCUT2D eigenvalue weighted by Gasteiger charge is -2.37. The van der Waals surface area contributed by atoms with Gasteiger partial charge in [-0.25, -0.2) is 4.79 Å². The summed E-state index contributed by atoms with van der Waals surface area (Å²) in [5.41, 5.74) is 2.82. The van der Waals surface area contributed by atoms with Crippen LogP contribution in [0.4, 0.5) is 4.79 Å². The number of benzene rings is 3. The standard InChI is InChI=1S/C25H23N3O3/c1-27-23(29)21-20(19-14-8-12-17-11-6-7-13-18(17)19)22(31-24(21)28(2)25(27)30)26-15-16-9-4-3-5-10-16/h3-14,21,24,26H,15H2,1-2H3. The van der Waals surface area contributed by atoms with E-state index in [4.69, 9.17) is 4.74 Å². The average Bonchev–Trinajstić information content (AvgIpc) is 3.20. The molecule has 1 fully saturated rings. The molecule has 5 rings (SSSR count). The number of carbonyl (C=O) groups is 2. The Morgan fingerprint density at radius 1 is 0.903 bits per heavy atom. The zero-order valence-corrected chi connectivity index (χ0v) is 17.4. The van der Waals surface area contributed by atoms with Crippen molar-refractivity contribution in [2.75, 3.05) is 14.1 Å². The van der Waals surface area contributed by atoms with Crippen LogP contribution in [0.1, 0.15) is 11.1 Å². The number of imide groups is 1. The summed E-state index contributed by atoms with van der Waals surface area (Å²) in [4.78, 5) is 28.4. The van der Waals surface area contributed by atoms with Crippen molar-refractivity contribution in [1.82, 2.24) is 15.1 Å². The Morgan fingerprint density at radius 2 is 1.61 bits per heavy atom. The Morgan fingerprint density at radius 3 is 2.42 bits per heavy atom. The van der Waals surface area contributed by atoms with Crippen molar-refractivity contribution in [3.63, 3.8) is 0 Å². The van der Waals surface area contributed by atoms with Crippen LogP contribution in [0.2, 0.25) is 0 Å². The van der Waals surface area contributed by atoms with E-state index in [0.29, 0.717) is 12.4 Å². The van der Waals surface area contributed by atoms with Crippen molar-refractivity contribution >= 4 is 28.3 Å². The summed E-state index contributed by atoms with van der Waals surface area (Å²) >= 11 is 0. The topological polar surface area (TPSA) is 61.9 Å². The summed E-state index contributed by atoms with van der Waals surface area (Å²) in [6.45, 7) is 0.547. The number of fused-ring (bicyclic) bond motifs is 2. The van der Waals surface area contributed by atoms with Crippen LogP contribution in [0, 0.1) is 5.92 Å². The molecule has 2 unspecified atom stereocenters. The average molecular weight is 413 g/mol. The maximum Gasteiger partial charge on any atom is 0.329 e. The molecule has 2 aliphatic rings. The largest absolute Gasteiger partial charge is 0.454 e. The maximum absolute atomic E-state index is 13.2. The summed E-state index contributed by atoms with van der Waals surface area (Å²) in [6, 6.07) is 23.8. The number of amides is 3. The molecule has 2 atom stereocenters. The van der Waals surface area contributed by atoms with Crippen LogP contribution in [-0.4, -0.2) is 42.1 Å². The summed E-state index contributed by atoms with van der Waals surface area (Å²) in [7, 11) is 3.19. The summed E-state index contributed by atoms with van der Waals surface area (Å²) in [5.74, 6) is -0.317. The number of nitrogens with one attached hydrogen (secondary N) is 1. The summed E-state index contributed by atoms with van der Waals surface area (Å²) in [5, 5.41) is 5.51. The second-order valence-electron chi connectivity index (χ2n) is 7.89. The Kier molecular flexibility index (Phi) is 4.62. The number of hydrogen-bond donors (Lipinski definition) is 1. The van der Waals surface area contributed by atoms with Gasteiger partial charge in [0.1, 0.15) is 5.92 Å². The van der Waals surface area contributed by atoms with Gasteiger partial charge in [-0.1, -0.05) is 72.8 Å². The van der Waals surface area contributed by atoms with E-state index >= 15 is 0 Å². The minimum absolute atomic E-state index is 0.257. The Labute approximate surface area is 180 Å². The quantitative estimate of drug-likeness (QED) is 0.707. The van der Waals surface area contributed by atoms with E-state index in [1.165, 1.54) is 16.8 Å². The van der Waals surface area contributed by atoms with Crippen LogP contribution in [0.15, 0.2) is 78.7 Å².